The molecule has 0 radical (unpaired) electrons. The standard InChI is InChI=1S/C39H21N9/c40-10-25-1-31(16-43-13-25)37-7-34(19-46-22-37)28-4-29(35-8-38(23-47-20-35)32-2-26(11-41)14-44-17-32)6-30(5-28)36-9-39(24-48-21-36)33-3-27(12-42)15-45-18-33/h1-9,13-24H. The molecule has 48 heavy (non-hydrogen) atoms. The second-order valence-electron chi connectivity index (χ2n) is 10.9. The van der Waals surface area contributed by atoms with Crippen LogP contribution in [-0.2, 0) is 0 Å². The fourth-order valence-corrected chi connectivity index (χ4v) is 5.37. The first kappa shape index (κ1) is 29.3. The summed E-state index contributed by atoms with van der Waals surface area (Å²) in [6, 6.07) is 24.1. The number of nitriles is 3. The van der Waals surface area contributed by atoms with Crippen LogP contribution in [0.2, 0.25) is 0 Å². The Bertz CT molecular complexity index is 2180. The van der Waals surface area contributed by atoms with Crippen LogP contribution in [0.1, 0.15) is 16.7 Å². The fourth-order valence-electron chi connectivity index (χ4n) is 5.37. The third kappa shape index (κ3) is 6.09. The van der Waals surface area contributed by atoms with Gasteiger partial charge in [-0.15, -0.1) is 0 Å². The van der Waals surface area contributed by atoms with Gasteiger partial charge in [0.25, 0.3) is 0 Å². The minimum atomic E-state index is 0.466. The zero-order chi connectivity index (χ0) is 32.9. The third-order valence-electron chi connectivity index (χ3n) is 7.75. The van der Waals surface area contributed by atoms with Crippen LogP contribution in [-0.4, -0.2) is 29.9 Å². The summed E-state index contributed by atoms with van der Waals surface area (Å²) in [5.74, 6) is 0. The molecule has 9 nitrogen and oxygen atoms in total. The van der Waals surface area contributed by atoms with Gasteiger partial charge in [-0.1, -0.05) is 0 Å². The van der Waals surface area contributed by atoms with E-state index in [0.29, 0.717) is 16.7 Å². The quantitative estimate of drug-likeness (QED) is 0.184. The normalized spacial score (nSPS) is 10.4. The van der Waals surface area contributed by atoms with E-state index in [0.717, 1.165) is 66.8 Å². The van der Waals surface area contributed by atoms with Gasteiger partial charge >= 0.3 is 0 Å². The monoisotopic (exact) mass is 615 g/mol. The Hall–Kier alpha value is -7.41. The molecule has 0 saturated heterocycles. The highest BCUT2D eigenvalue weighted by Gasteiger charge is 2.13. The maximum Gasteiger partial charge on any atom is 0.101 e. The highest BCUT2D eigenvalue weighted by Crippen LogP contribution is 2.36. The van der Waals surface area contributed by atoms with E-state index < -0.39 is 0 Å². The second kappa shape index (κ2) is 12.9. The molecule has 0 saturated carbocycles. The van der Waals surface area contributed by atoms with Crippen molar-refractivity contribution >= 4 is 0 Å². The Kier molecular flexibility index (Phi) is 7.88. The van der Waals surface area contributed by atoms with E-state index in [1.165, 1.54) is 18.6 Å². The summed E-state index contributed by atoms with van der Waals surface area (Å²) in [5.41, 5.74) is 11.5. The molecule has 0 unspecified atom stereocenters. The molecular formula is C39H21N9. The number of hydrogen-bond donors (Lipinski definition) is 0. The van der Waals surface area contributed by atoms with Gasteiger partial charge in [0.1, 0.15) is 18.2 Å². The molecule has 7 aromatic rings. The van der Waals surface area contributed by atoms with Crippen LogP contribution in [0.4, 0.5) is 0 Å². The van der Waals surface area contributed by atoms with Crippen molar-refractivity contribution in [2.75, 3.05) is 0 Å². The molecule has 0 aliphatic carbocycles. The summed E-state index contributed by atoms with van der Waals surface area (Å²) in [6.45, 7) is 0. The Labute approximate surface area is 275 Å². The van der Waals surface area contributed by atoms with E-state index in [-0.39, 0.29) is 0 Å². The van der Waals surface area contributed by atoms with Crippen LogP contribution in [0.25, 0.3) is 66.8 Å². The van der Waals surface area contributed by atoms with E-state index >= 15 is 0 Å². The largest absolute Gasteiger partial charge is 0.263 e. The molecule has 6 heterocycles. The van der Waals surface area contributed by atoms with Crippen molar-refractivity contribution < 1.29 is 0 Å². The van der Waals surface area contributed by atoms with E-state index in [9.17, 15) is 15.8 Å². The van der Waals surface area contributed by atoms with E-state index in [1.54, 1.807) is 74.0 Å². The van der Waals surface area contributed by atoms with Gasteiger partial charge in [0, 0.05) is 124 Å². The lowest BCUT2D eigenvalue weighted by molar-refractivity contribution is 1.28. The van der Waals surface area contributed by atoms with Crippen molar-refractivity contribution in [1.82, 2.24) is 29.9 Å². The molecule has 0 aliphatic rings. The maximum absolute atomic E-state index is 9.40. The van der Waals surface area contributed by atoms with Crippen molar-refractivity contribution in [3.8, 4) is 85.0 Å². The Balaban J connectivity index is 1.38. The lowest BCUT2D eigenvalue weighted by Gasteiger charge is -2.13. The predicted octanol–water partition coefficient (Wildman–Crippen LogP) is 7.67. The second-order valence-corrected chi connectivity index (χ2v) is 10.9. The first-order valence-electron chi connectivity index (χ1n) is 14.7. The number of pyridine rings is 6. The fraction of sp³-hybridized carbons (Fsp3) is 0. The molecule has 1 aromatic carbocycles. The van der Waals surface area contributed by atoms with Crippen molar-refractivity contribution in [3.63, 3.8) is 0 Å². The molecule has 0 atom stereocenters. The third-order valence-corrected chi connectivity index (χ3v) is 7.75. The summed E-state index contributed by atoms with van der Waals surface area (Å²) in [7, 11) is 0. The van der Waals surface area contributed by atoms with Gasteiger partial charge in [-0.3, -0.25) is 29.9 Å². The summed E-state index contributed by atoms with van der Waals surface area (Å²) in [6.07, 6.45) is 20.4. The van der Waals surface area contributed by atoms with Crippen molar-refractivity contribution in [2.24, 2.45) is 0 Å². The minimum absolute atomic E-state index is 0.466. The molecule has 7 rings (SSSR count). The summed E-state index contributed by atoms with van der Waals surface area (Å²) >= 11 is 0. The number of hydrogen-bond acceptors (Lipinski definition) is 9. The van der Waals surface area contributed by atoms with Gasteiger partial charge in [0.05, 0.1) is 16.7 Å². The van der Waals surface area contributed by atoms with Gasteiger partial charge in [-0.2, -0.15) is 15.8 Å². The average molecular weight is 616 g/mol. The average Bonchev–Trinajstić information content (AvgIpc) is 3.18. The van der Waals surface area contributed by atoms with Gasteiger partial charge in [-0.25, -0.2) is 0 Å². The number of rotatable bonds is 6. The lowest BCUT2D eigenvalue weighted by atomic mass is 9.92. The van der Waals surface area contributed by atoms with Crippen molar-refractivity contribution in [3.05, 3.63) is 146 Å². The minimum Gasteiger partial charge on any atom is -0.263 e. The summed E-state index contributed by atoms with van der Waals surface area (Å²) in [5, 5.41) is 28.2. The van der Waals surface area contributed by atoms with Crippen LogP contribution >= 0.6 is 0 Å². The predicted molar refractivity (Wildman–Crippen MR) is 180 cm³/mol. The molecule has 0 N–H and O–H groups in total. The lowest BCUT2D eigenvalue weighted by Crippen LogP contribution is -1.91. The summed E-state index contributed by atoms with van der Waals surface area (Å²) in [4.78, 5) is 26.3. The molecular weight excluding hydrogens is 594 g/mol. The van der Waals surface area contributed by atoms with Crippen LogP contribution < -0.4 is 0 Å². The molecule has 0 bridgehead atoms. The molecule has 6 aromatic heterocycles. The van der Waals surface area contributed by atoms with Gasteiger partial charge < -0.3 is 0 Å². The van der Waals surface area contributed by atoms with Crippen molar-refractivity contribution in [1.29, 1.82) is 15.8 Å². The van der Waals surface area contributed by atoms with E-state index in [2.05, 4.69) is 66.3 Å². The van der Waals surface area contributed by atoms with E-state index in [1.807, 2.05) is 18.2 Å². The topological polar surface area (TPSA) is 149 Å². The SMILES string of the molecule is N#Cc1cncc(-c2cncc(-c3cc(-c4cncc(-c5cncc(C#N)c5)c4)cc(-c4cncc(-c5cncc(C#N)c5)c4)c3)c2)c1. The smallest absolute Gasteiger partial charge is 0.101 e. The maximum atomic E-state index is 9.40. The zero-order valence-corrected chi connectivity index (χ0v) is 25.1. The van der Waals surface area contributed by atoms with Gasteiger partial charge in [0.2, 0.25) is 0 Å². The highest BCUT2D eigenvalue weighted by atomic mass is 14.7. The molecule has 9 heteroatoms. The molecule has 0 aliphatic heterocycles. The molecule has 222 valence electrons. The first-order valence-corrected chi connectivity index (χ1v) is 14.7. The highest BCUT2D eigenvalue weighted by molar-refractivity contribution is 5.84. The molecule has 0 spiro atoms. The van der Waals surface area contributed by atoms with Crippen LogP contribution in [0.15, 0.2) is 129 Å². The number of benzene rings is 1. The van der Waals surface area contributed by atoms with Crippen LogP contribution in [0, 0.1) is 34.0 Å². The Morgan fingerprint density at radius 2 is 0.438 bits per heavy atom. The zero-order valence-electron chi connectivity index (χ0n) is 25.1. The molecule has 0 amide bonds. The number of nitrogens with zero attached hydrogens (tertiary/aromatic N) is 9. The Morgan fingerprint density at radius 3 is 0.688 bits per heavy atom. The molecule has 0 fully saturated rings. The van der Waals surface area contributed by atoms with E-state index in [4.69, 9.17) is 0 Å². The van der Waals surface area contributed by atoms with Gasteiger partial charge in [0.15, 0.2) is 0 Å². The number of aromatic nitrogens is 6. The van der Waals surface area contributed by atoms with Crippen molar-refractivity contribution in [2.45, 2.75) is 0 Å². The van der Waals surface area contributed by atoms with Gasteiger partial charge in [-0.05, 0) is 71.3 Å². The summed E-state index contributed by atoms with van der Waals surface area (Å²) < 4.78 is 0. The Morgan fingerprint density at radius 1 is 0.250 bits per heavy atom. The van der Waals surface area contributed by atoms with Crippen LogP contribution in [0.5, 0.6) is 0 Å². The van der Waals surface area contributed by atoms with Crippen LogP contribution in [0.3, 0.4) is 0 Å². The first-order chi connectivity index (χ1) is 23.6.